The molecular weight excluding hydrogens is 378 g/mol. The van der Waals surface area contributed by atoms with Crippen LogP contribution in [0.25, 0.3) is 10.7 Å². The Balaban J connectivity index is 2.40. The first-order valence-corrected chi connectivity index (χ1v) is 8.10. The lowest BCUT2D eigenvalue weighted by molar-refractivity contribution is 0.959. The third-order valence-corrected chi connectivity index (χ3v) is 4.98. The fraction of sp³-hybridized carbons (Fsp3) is 0.333. The maximum Gasteiger partial charge on any atom is 0.171 e. The number of nitrogens with zero attached hydrogens (tertiary/aromatic N) is 2. The van der Waals surface area contributed by atoms with Crippen LogP contribution in [0.5, 0.6) is 0 Å². The summed E-state index contributed by atoms with van der Waals surface area (Å²) in [6.07, 6.45) is 1.06. The molecule has 3 nitrogen and oxygen atoms in total. The van der Waals surface area contributed by atoms with Crippen molar-refractivity contribution in [2.45, 2.75) is 20.3 Å². The Morgan fingerprint density at radius 1 is 1.33 bits per heavy atom. The van der Waals surface area contributed by atoms with Crippen LogP contribution in [-0.2, 0) is 0 Å². The highest BCUT2D eigenvalue weighted by Gasteiger charge is 2.11. The SMILES string of the molecule is CCCNc1nc(-c2cc(Br)cs2)nc(C)c1Br. The van der Waals surface area contributed by atoms with Gasteiger partial charge in [-0.05, 0) is 51.3 Å². The monoisotopic (exact) mass is 389 g/mol. The van der Waals surface area contributed by atoms with Gasteiger partial charge in [0.15, 0.2) is 5.82 Å². The molecule has 0 amide bonds. The lowest BCUT2D eigenvalue weighted by Gasteiger charge is -2.09. The Labute approximate surface area is 127 Å². The average molecular weight is 391 g/mol. The van der Waals surface area contributed by atoms with Gasteiger partial charge in [-0.1, -0.05) is 6.92 Å². The maximum absolute atomic E-state index is 4.57. The standard InChI is InChI=1S/C12H13Br2N3S/c1-3-4-15-12-10(14)7(2)16-11(17-12)9-5-8(13)6-18-9/h5-6H,3-4H2,1-2H3,(H,15,16,17). The second-order valence-corrected chi connectivity index (χ2v) is 6.47. The highest BCUT2D eigenvalue weighted by Crippen LogP contribution is 2.31. The molecule has 18 heavy (non-hydrogen) atoms. The molecule has 0 saturated carbocycles. The van der Waals surface area contributed by atoms with E-state index in [1.54, 1.807) is 11.3 Å². The molecule has 1 N–H and O–H groups in total. The van der Waals surface area contributed by atoms with E-state index in [1.165, 1.54) is 0 Å². The number of halogens is 2. The molecule has 0 aromatic carbocycles. The molecule has 0 aliphatic rings. The molecule has 0 fully saturated rings. The summed E-state index contributed by atoms with van der Waals surface area (Å²) in [5.41, 5.74) is 0.947. The maximum atomic E-state index is 4.57. The molecular formula is C12H13Br2N3S. The van der Waals surface area contributed by atoms with Crippen molar-refractivity contribution < 1.29 is 0 Å². The molecule has 0 atom stereocenters. The van der Waals surface area contributed by atoms with E-state index in [1.807, 2.05) is 18.4 Å². The quantitative estimate of drug-likeness (QED) is 0.809. The summed E-state index contributed by atoms with van der Waals surface area (Å²) in [4.78, 5) is 10.2. The van der Waals surface area contributed by atoms with Crippen LogP contribution < -0.4 is 5.32 Å². The number of nitrogens with one attached hydrogen (secondary N) is 1. The van der Waals surface area contributed by atoms with Crippen LogP contribution in [0.2, 0.25) is 0 Å². The number of thiophene rings is 1. The lowest BCUT2D eigenvalue weighted by atomic mass is 10.3. The first kappa shape index (κ1) is 14.0. The van der Waals surface area contributed by atoms with Crippen LogP contribution in [0.4, 0.5) is 5.82 Å². The minimum atomic E-state index is 0.769. The van der Waals surface area contributed by atoms with E-state index in [4.69, 9.17) is 0 Å². The molecule has 2 aromatic heterocycles. The molecule has 0 aliphatic heterocycles. The van der Waals surface area contributed by atoms with Crippen molar-refractivity contribution in [2.24, 2.45) is 0 Å². The van der Waals surface area contributed by atoms with Crippen LogP contribution in [-0.4, -0.2) is 16.5 Å². The summed E-state index contributed by atoms with van der Waals surface area (Å²) in [5, 5.41) is 5.35. The summed E-state index contributed by atoms with van der Waals surface area (Å²) in [6, 6.07) is 2.04. The van der Waals surface area contributed by atoms with Crippen molar-refractivity contribution in [3.8, 4) is 10.7 Å². The number of hydrogen-bond acceptors (Lipinski definition) is 4. The van der Waals surface area contributed by atoms with E-state index in [0.29, 0.717) is 0 Å². The van der Waals surface area contributed by atoms with Crippen molar-refractivity contribution >= 4 is 49.0 Å². The number of aromatic nitrogens is 2. The predicted molar refractivity (Wildman–Crippen MR) is 84.3 cm³/mol. The highest BCUT2D eigenvalue weighted by atomic mass is 79.9. The fourth-order valence-corrected chi connectivity index (χ4v) is 3.14. The molecule has 2 heterocycles. The smallest absolute Gasteiger partial charge is 0.171 e. The van der Waals surface area contributed by atoms with Gasteiger partial charge >= 0.3 is 0 Å². The molecule has 0 radical (unpaired) electrons. The third kappa shape index (κ3) is 3.10. The molecule has 0 saturated heterocycles. The first-order chi connectivity index (χ1) is 8.61. The van der Waals surface area contributed by atoms with Crippen LogP contribution in [0.1, 0.15) is 19.0 Å². The van der Waals surface area contributed by atoms with Gasteiger partial charge in [-0.15, -0.1) is 11.3 Å². The van der Waals surface area contributed by atoms with Gasteiger partial charge in [-0.2, -0.15) is 0 Å². The number of anilines is 1. The number of rotatable bonds is 4. The average Bonchev–Trinajstić information content (AvgIpc) is 2.77. The van der Waals surface area contributed by atoms with E-state index >= 15 is 0 Å². The third-order valence-electron chi connectivity index (χ3n) is 2.35. The van der Waals surface area contributed by atoms with E-state index in [0.717, 1.165) is 44.1 Å². The second kappa shape index (κ2) is 6.12. The Bertz CT molecular complexity index is 554. The predicted octanol–water partition coefficient (Wildman–Crippen LogP) is 4.86. The van der Waals surface area contributed by atoms with E-state index in [9.17, 15) is 0 Å². The number of aryl methyl sites for hydroxylation is 1. The molecule has 0 spiro atoms. The van der Waals surface area contributed by atoms with Gasteiger partial charge in [-0.3, -0.25) is 0 Å². The minimum Gasteiger partial charge on any atom is -0.369 e. The normalized spacial score (nSPS) is 10.7. The summed E-state index contributed by atoms with van der Waals surface area (Å²) >= 11 is 8.62. The van der Waals surface area contributed by atoms with Gasteiger partial charge < -0.3 is 5.32 Å². The van der Waals surface area contributed by atoms with Crippen molar-refractivity contribution in [1.82, 2.24) is 9.97 Å². The summed E-state index contributed by atoms with van der Waals surface area (Å²) in [7, 11) is 0. The summed E-state index contributed by atoms with van der Waals surface area (Å²) in [5.74, 6) is 1.63. The summed E-state index contributed by atoms with van der Waals surface area (Å²) < 4.78 is 2.00. The van der Waals surface area contributed by atoms with Crippen molar-refractivity contribution in [3.63, 3.8) is 0 Å². The van der Waals surface area contributed by atoms with Crippen LogP contribution >= 0.6 is 43.2 Å². The second-order valence-electron chi connectivity index (χ2n) is 3.85. The topological polar surface area (TPSA) is 37.8 Å². The molecule has 2 rings (SSSR count). The van der Waals surface area contributed by atoms with Gasteiger partial charge in [0.2, 0.25) is 0 Å². The van der Waals surface area contributed by atoms with E-state index in [2.05, 4.69) is 54.1 Å². The zero-order chi connectivity index (χ0) is 13.1. The molecule has 0 bridgehead atoms. The molecule has 6 heteroatoms. The largest absolute Gasteiger partial charge is 0.369 e. The van der Waals surface area contributed by atoms with Crippen molar-refractivity contribution in [3.05, 3.63) is 26.1 Å². The van der Waals surface area contributed by atoms with Gasteiger partial charge in [0, 0.05) is 16.4 Å². The van der Waals surface area contributed by atoms with Crippen LogP contribution in [0.15, 0.2) is 20.4 Å². The molecule has 2 aromatic rings. The van der Waals surface area contributed by atoms with Gasteiger partial charge in [0.05, 0.1) is 15.0 Å². The Kier molecular flexibility index (Phi) is 4.75. The molecule has 0 aliphatic carbocycles. The number of hydrogen-bond donors (Lipinski definition) is 1. The summed E-state index contributed by atoms with van der Waals surface area (Å²) in [6.45, 7) is 5.02. The van der Waals surface area contributed by atoms with Crippen molar-refractivity contribution in [2.75, 3.05) is 11.9 Å². The van der Waals surface area contributed by atoms with Crippen LogP contribution in [0.3, 0.4) is 0 Å². The zero-order valence-electron chi connectivity index (χ0n) is 10.1. The Hall–Kier alpha value is -0.460. The molecule has 96 valence electrons. The van der Waals surface area contributed by atoms with Crippen LogP contribution in [0, 0.1) is 6.92 Å². The Morgan fingerprint density at radius 2 is 2.11 bits per heavy atom. The first-order valence-electron chi connectivity index (χ1n) is 5.64. The van der Waals surface area contributed by atoms with Gasteiger partial charge in [0.1, 0.15) is 5.82 Å². The fourth-order valence-electron chi connectivity index (χ4n) is 1.46. The lowest BCUT2D eigenvalue weighted by Crippen LogP contribution is -2.05. The van der Waals surface area contributed by atoms with E-state index in [-0.39, 0.29) is 0 Å². The Morgan fingerprint density at radius 3 is 2.72 bits per heavy atom. The van der Waals surface area contributed by atoms with Crippen molar-refractivity contribution in [1.29, 1.82) is 0 Å². The van der Waals surface area contributed by atoms with E-state index < -0.39 is 0 Å². The van der Waals surface area contributed by atoms with Gasteiger partial charge in [0.25, 0.3) is 0 Å². The minimum absolute atomic E-state index is 0.769. The van der Waals surface area contributed by atoms with Gasteiger partial charge in [-0.25, -0.2) is 9.97 Å². The highest BCUT2D eigenvalue weighted by molar-refractivity contribution is 9.11. The zero-order valence-corrected chi connectivity index (χ0v) is 14.1. The molecule has 0 unspecified atom stereocenters.